The number of amides is 1. The third-order valence-electron chi connectivity index (χ3n) is 3.67. The summed E-state index contributed by atoms with van der Waals surface area (Å²) < 4.78 is 0. The summed E-state index contributed by atoms with van der Waals surface area (Å²) in [4.78, 5) is 12.4. The zero-order valence-electron chi connectivity index (χ0n) is 11.2. The molecule has 0 radical (unpaired) electrons. The standard InChI is InChI=1S/C13H24N2OS2/c1-18-10-5-3-2-4-9-15-12(16)13(11(14)17)7-6-8-13/h2-10H2,1H3,(H2,14,17)(H,15,16). The summed E-state index contributed by atoms with van der Waals surface area (Å²) in [6, 6.07) is 0. The summed E-state index contributed by atoms with van der Waals surface area (Å²) in [6.07, 6.45) is 9.58. The summed E-state index contributed by atoms with van der Waals surface area (Å²) in [7, 11) is 0. The van der Waals surface area contributed by atoms with Crippen LogP contribution in [0.25, 0.3) is 0 Å². The van der Waals surface area contributed by atoms with Crippen molar-refractivity contribution in [3.63, 3.8) is 0 Å². The second-order valence-corrected chi connectivity index (χ2v) is 6.39. The lowest BCUT2D eigenvalue weighted by atomic mass is 9.68. The van der Waals surface area contributed by atoms with Gasteiger partial charge in [-0.2, -0.15) is 11.8 Å². The molecule has 0 bridgehead atoms. The lowest BCUT2D eigenvalue weighted by molar-refractivity contribution is -0.130. The highest BCUT2D eigenvalue weighted by molar-refractivity contribution is 7.98. The SMILES string of the molecule is CSCCCCCCNC(=O)C1(C(N)=S)CCC1. The van der Waals surface area contributed by atoms with Gasteiger partial charge in [0.25, 0.3) is 0 Å². The average molecular weight is 288 g/mol. The van der Waals surface area contributed by atoms with Crippen molar-refractivity contribution in [2.45, 2.75) is 44.9 Å². The van der Waals surface area contributed by atoms with Gasteiger partial charge in [-0.05, 0) is 37.7 Å². The number of nitrogens with one attached hydrogen (secondary N) is 1. The van der Waals surface area contributed by atoms with Crippen molar-refractivity contribution in [1.29, 1.82) is 0 Å². The van der Waals surface area contributed by atoms with Gasteiger partial charge in [-0.15, -0.1) is 0 Å². The minimum absolute atomic E-state index is 0.0466. The first kappa shape index (κ1) is 15.8. The van der Waals surface area contributed by atoms with Crippen LogP contribution in [0.2, 0.25) is 0 Å². The Hall–Kier alpha value is -0.290. The highest BCUT2D eigenvalue weighted by Gasteiger charge is 2.46. The van der Waals surface area contributed by atoms with E-state index in [4.69, 9.17) is 18.0 Å². The Kier molecular flexibility index (Phi) is 7.00. The van der Waals surface area contributed by atoms with Crippen molar-refractivity contribution in [2.75, 3.05) is 18.6 Å². The van der Waals surface area contributed by atoms with Crippen molar-refractivity contribution in [3.05, 3.63) is 0 Å². The molecule has 0 unspecified atom stereocenters. The van der Waals surface area contributed by atoms with Crippen LogP contribution in [0.3, 0.4) is 0 Å². The number of thioether (sulfide) groups is 1. The minimum Gasteiger partial charge on any atom is -0.392 e. The zero-order chi connectivity index (χ0) is 13.4. The van der Waals surface area contributed by atoms with Gasteiger partial charge < -0.3 is 11.1 Å². The molecule has 0 aromatic rings. The zero-order valence-corrected chi connectivity index (χ0v) is 12.8. The fraction of sp³-hybridized carbons (Fsp3) is 0.846. The third-order valence-corrected chi connectivity index (χ3v) is 4.76. The molecular formula is C13H24N2OS2. The van der Waals surface area contributed by atoms with Crippen LogP contribution in [0.5, 0.6) is 0 Å². The maximum atomic E-state index is 12.0. The normalized spacial score (nSPS) is 16.9. The van der Waals surface area contributed by atoms with Gasteiger partial charge in [-0.3, -0.25) is 4.79 Å². The van der Waals surface area contributed by atoms with Gasteiger partial charge in [-0.25, -0.2) is 0 Å². The Morgan fingerprint density at radius 1 is 1.33 bits per heavy atom. The van der Waals surface area contributed by atoms with E-state index in [-0.39, 0.29) is 5.91 Å². The molecule has 1 amide bonds. The summed E-state index contributed by atoms with van der Waals surface area (Å²) in [5, 5.41) is 2.99. The van der Waals surface area contributed by atoms with E-state index in [9.17, 15) is 4.79 Å². The van der Waals surface area contributed by atoms with Crippen LogP contribution < -0.4 is 11.1 Å². The largest absolute Gasteiger partial charge is 0.392 e. The van der Waals surface area contributed by atoms with E-state index in [1.165, 1.54) is 25.0 Å². The monoisotopic (exact) mass is 288 g/mol. The van der Waals surface area contributed by atoms with Gasteiger partial charge in [0, 0.05) is 6.54 Å². The Labute approximate surface area is 120 Å². The predicted molar refractivity (Wildman–Crippen MR) is 82.9 cm³/mol. The van der Waals surface area contributed by atoms with Crippen molar-refractivity contribution >= 4 is 34.9 Å². The van der Waals surface area contributed by atoms with Gasteiger partial charge in [-0.1, -0.05) is 31.5 Å². The minimum atomic E-state index is -0.520. The van der Waals surface area contributed by atoms with Crippen LogP contribution >= 0.6 is 24.0 Å². The van der Waals surface area contributed by atoms with E-state index >= 15 is 0 Å². The van der Waals surface area contributed by atoms with Gasteiger partial charge >= 0.3 is 0 Å². The average Bonchev–Trinajstić information content (AvgIpc) is 2.25. The molecule has 0 spiro atoms. The van der Waals surface area contributed by atoms with Crippen molar-refractivity contribution in [2.24, 2.45) is 11.1 Å². The molecule has 5 heteroatoms. The van der Waals surface area contributed by atoms with Crippen molar-refractivity contribution in [3.8, 4) is 0 Å². The van der Waals surface area contributed by atoms with Crippen LogP contribution in [-0.4, -0.2) is 29.4 Å². The maximum absolute atomic E-state index is 12.0. The molecule has 0 aromatic heterocycles. The highest BCUT2D eigenvalue weighted by atomic mass is 32.2. The van der Waals surface area contributed by atoms with Gasteiger partial charge in [0.2, 0.25) is 5.91 Å². The molecule has 104 valence electrons. The Morgan fingerprint density at radius 3 is 2.50 bits per heavy atom. The maximum Gasteiger partial charge on any atom is 0.233 e. The number of carbonyl (C=O) groups excluding carboxylic acids is 1. The van der Waals surface area contributed by atoms with E-state index in [2.05, 4.69) is 11.6 Å². The number of hydrogen-bond donors (Lipinski definition) is 2. The highest BCUT2D eigenvalue weighted by Crippen LogP contribution is 2.41. The summed E-state index contributed by atoms with van der Waals surface area (Å²) >= 11 is 6.91. The molecule has 3 N–H and O–H groups in total. The van der Waals surface area contributed by atoms with Gasteiger partial charge in [0.1, 0.15) is 0 Å². The van der Waals surface area contributed by atoms with Crippen LogP contribution in [0, 0.1) is 5.41 Å². The van der Waals surface area contributed by atoms with Crippen molar-refractivity contribution in [1.82, 2.24) is 5.32 Å². The Morgan fingerprint density at radius 2 is 2.00 bits per heavy atom. The molecule has 1 aliphatic carbocycles. The lowest BCUT2D eigenvalue weighted by Gasteiger charge is -2.39. The van der Waals surface area contributed by atoms with Crippen LogP contribution in [0.4, 0.5) is 0 Å². The predicted octanol–water partition coefficient (Wildman–Crippen LogP) is 2.48. The fourth-order valence-corrected chi connectivity index (χ4v) is 3.00. The van der Waals surface area contributed by atoms with Gasteiger partial charge in [0.05, 0.1) is 10.4 Å². The van der Waals surface area contributed by atoms with Crippen molar-refractivity contribution < 1.29 is 4.79 Å². The van der Waals surface area contributed by atoms with E-state index in [0.29, 0.717) is 4.99 Å². The first-order chi connectivity index (χ1) is 8.63. The topological polar surface area (TPSA) is 55.1 Å². The number of unbranched alkanes of at least 4 members (excludes halogenated alkanes) is 3. The molecule has 18 heavy (non-hydrogen) atoms. The molecule has 1 fully saturated rings. The lowest BCUT2D eigenvalue weighted by Crippen LogP contribution is -2.53. The van der Waals surface area contributed by atoms with E-state index in [0.717, 1.165) is 32.2 Å². The molecule has 1 saturated carbocycles. The summed E-state index contributed by atoms with van der Waals surface area (Å²) in [5.41, 5.74) is 5.17. The quantitative estimate of drug-likeness (QED) is 0.505. The number of carbonyl (C=O) groups is 1. The first-order valence-corrected chi connectivity index (χ1v) is 8.51. The summed E-state index contributed by atoms with van der Waals surface area (Å²) in [5.74, 6) is 1.28. The molecule has 0 atom stereocenters. The number of hydrogen-bond acceptors (Lipinski definition) is 3. The Bertz CT molecular complexity index is 291. The molecule has 0 heterocycles. The molecule has 0 saturated heterocycles. The third kappa shape index (κ3) is 4.12. The number of rotatable bonds is 9. The van der Waals surface area contributed by atoms with E-state index in [1.54, 1.807) is 0 Å². The molecule has 0 aliphatic heterocycles. The van der Waals surface area contributed by atoms with Crippen LogP contribution in [-0.2, 0) is 4.79 Å². The van der Waals surface area contributed by atoms with Crippen LogP contribution in [0.15, 0.2) is 0 Å². The smallest absolute Gasteiger partial charge is 0.233 e. The number of thiocarbonyl (C=S) groups is 1. The number of nitrogens with two attached hydrogens (primary N) is 1. The van der Waals surface area contributed by atoms with Crippen LogP contribution in [0.1, 0.15) is 44.9 Å². The molecule has 0 aromatic carbocycles. The molecule has 3 nitrogen and oxygen atoms in total. The fourth-order valence-electron chi connectivity index (χ4n) is 2.21. The second kappa shape index (κ2) is 8.00. The first-order valence-electron chi connectivity index (χ1n) is 6.70. The van der Waals surface area contributed by atoms with Gasteiger partial charge in [0.15, 0.2) is 0 Å². The summed E-state index contributed by atoms with van der Waals surface area (Å²) in [6.45, 7) is 0.752. The molecule has 1 aliphatic rings. The van der Waals surface area contributed by atoms with E-state index < -0.39 is 5.41 Å². The second-order valence-electron chi connectivity index (χ2n) is 4.96. The van der Waals surface area contributed by atoms with E-state index in [1.807, 2.05) is 11.8 Å². The molecular weight excluding hydrogens is 264 g/mol. The molecule has 1 rings (SSSR count). The Balaban J connectivity index is 2.12.